The van der Waals surface area contributed by atoms with E-state index in [2.05, 4.69) is 30.6 Å². The zero-order valence-corrected chi connectivity index (χ0v) is 35.4. The van der Waals surface area contributed by atoms with Crippen LogP contribution in [0.4, 0.5) is 33.5 Å². The van der Waals surface area contributed by atoms with Crippen molar-refractivity contribution in [1.82, 2.24) is 9.97 Å². The van der Waals surface area contributed by atoms with E-state index in [0.29, 0.717) is 52.6 Å². The number of nitrogens with zero attached hydrogens (tertiary/aromatic N) is 2. The van der Waals surface area contributed by atoms with E-state index in [4.69, 9.17) is 33.2 Å². The second kappa shape index (κ2) is 20.5. The van der Waals surface area contributed by atoms with Crippen LogP contribution in [0.5, 0.6) is 28.9 Å². The molecule has 0 spiro atoms. The summed E-state index contributed by atoms with van der Waals surface area (Å²) in [5.74, 6) is 1.77. The van der Waals surface area contributed by atoms with Crippen LogP contribution < -0.4 is 39.6 Å². The number of carbonyl (C=O) groups is 2. The molecule has 5 aromatic rings. The molecule has 0 aliphatic rings. The first-order chi connectivity index (χ1) is 28.6. The number of methoxy groups -OCH3 is 2. The van der Waals surface area contributed by atoms with E-state index in [1.54, 1.807) is 68.8 Å². The summed E-state index contributed by atoms with van der Waals surface area (Å²) < 4.78 is 65.5. The minimum Gasteiger partial charge on any atom is -0.497 e. The van der Waals surface area contributed by atoms with Gasteiger partial charge in [0.2, 0.25) is 21.9 Å². The molecule has 0 radical (unpaired) electrons. The average molecular weight is 847 g/mol. The third kappa shape index (κ3) is 13.1. The van der Waals surface area contributed by atoms with Gasteiger partial charge in [0.1, 0.15) is 30.5 Å². The highest BCUT2D eigenvalue weighted by molar-refractivity contribution is 7.92. The number of carbonyl (C=O) groups excluding carboxylic acids is 2. The fourth-order valence-corrected chi connectivity index (χ4v) is 6.29. The molecule has 60 heavy (non-hydrogen) atoms. The molecule has 0 saturated heterocycles. The van der Waals surface area contributed by atoms with Crippen LogP contribution in [0, 0.1) is 0 Å². The zero-order chi connectivity index (χ0) is 43.3. The highest BCUT2D eigenvalue weighted by Crippen LogP contribution is 2.40. The molecule has 17 nitrogen and oxygen atoms in total. The summed E-state index contributed by atoms with van der Waals surface area (Å²) in [5.41, 5.74) is 1.96. The van der Waals surface area contributed by atoms with Crippen LogP contribution in [0.1, 0.15) is 33.3 Å². The largest absolute Gasteiger partial charge is 0.497 e. The fraction of sp³-hybridized carbons (Fsp3) is 0.333. The lowest BCUT2D eigenvalue weighted by molar-refractivity contribution is -0.148. The predicted molar refractivity (Wildman–Crippen MR) is 229 cm³/mol. The molecule has 0 bridgehead atoms. The number of rotatable bonds is 20. The standard InChI is InChI=1S/C42H50N6O11S/c1-8-57-38(49)26-56-18-17-55-19-20-58-30-24-28(23-29(25-30)53-5)44-40-43-16-15-37(47-40)59-36-14-13-33(31-11-9-10-12-32(31)36)45-41(50)46-34-21-27(42(2,3)4)22-35(39(34)54-6)48-60(7,51)52/h9-16,21-25,48H,8,17-20,26H2,1-7H3,(H,43,44,47)(H2,45,46,50). The molecule has 1 aromatic heterocycles. The number of fused-ring (bicyclic) bond motifs is 1. The minimum absolute atomic E-state index is 0.124. The number of hydrogen-bond acceptors (Lipinski definition) is 14. The van der Waals surface area contributed by atoms with E-state index in [9.17, 15) is 18.0 Å². The molecular formula is C42H50N6O11S. The average Bonchev–Trinajstić information content (AvgIpc) is 3.19. The van der Waals surface area contributed by atoms with Crippen LogP contribution >= 0.6 is 0 Å². The van der Waals surface area contributed by atoms with Gasteiger partial charge < -0.3 is 49.1 Å². The van der Waals surface area contributed by atoms with E-state index < -0.39 is 22.0 Å². The molecule has 0 unspecified atom stereocenters. The van der Waals surface area contributed by atoms with Crippen molar-refractivity contribution in [2.24, 2.45) is 0 Å². The lowest BCUT2D eigenvalue weighted by atomic mass is 9.86. The predicted octanol–water partition coefficient (Wildman–Crippen LogP) is 7.47. The van der Waals surface area contributed by atoms with E-state index in [0.717, 1.165) is 11.8 Å². The van der Waals surface area contributed by atoms with Crippen LogP contribution in [0.25, 0.3) is 10.8 Å². The van der Waals surface area contributed by atoms with E-state index >= 15 is 0 Å². The second-order valence-corrected chi connectivity index (χ2v) is 15.9. The number of esters is 1. The highest BCUT2D eigenvalue weighted by Gasteiger charge is 2.23. The molecule has 2 amide bonds. The summed E-state index contributed by atoms with van der Waals surface area (Å²) in [7, 11) is -0.709. The summed E-state index contributed by atoms with van der Waals surface area (Å²) in [6, 6.07) is 20.6. The van der Waals surface area contributed by atoms with E-state index in [1.165, 1.54) is 7.11 Å². The van der Waals surface area contributed by atoms with Crippen LogP contribution in [-0.4, -0.2) is 90.5 Å². The Morgan fingerprint density at radius 1 is 0.783 bits per heavy atom. The van der Waals surface area contributed by atoms with Crippen molar-refractivity contribution < 1.29 is 51.2 Å². The Hall–Kier alpha value is -6.37. The molecule has 0 aliphatic carbocycles. The van der Waals surface area contributed by atoms with Crippen molar-refractivity contribution in [1.29, 1.82) is 0 Å². The second-order valence-electron chi connectivity index (χ2n) is 14.1. The smallest absolute Gasteiger partial charge is 0.332 e. The van der Waals surface area contributed by atoms with Gasteiger partial charge in [-0.05, 0) is 42.2 Å². The molecule has 5 rings (SSSR count). The molecular weight excluding hydrogens is 797 g/mol. The summed E-state index contributed by atoms with van der Waals surface area (Å²) in [6.07, 6.45) is 2.60. The number of sulfonamides is 1. The summed E-state index contributed by atoms with van der Waals surface area (Å²) >= 11 is 0. The van der Waals surface area contributed by atoms with Gasteiger partial charge in [-0.15, -0.1) is 0 Å². The van der Waals surface area contributed by atoms with Gasteiger partial charge in [-0.2, -0.15) is 4.98 Å². The molecule has 0 fully saturated rings. The number of hydrogen-bond donors (Lipinski definition) is 4. The van der Waals surface area contributed by atoms with E-state index in [1.807, 2.05) is 45.0 Å². The van der Waals surface area contributed by atoms with Gasteiger partial charge in [0.05, 0.1) is 64.0 Å². The van der Waals surface area contributed by atoms with Crippen LogP contribution in [-0.2, 0) is 34.4 Å². The Morgan fingerprint density at radius 2 is 1.48 bits per heavy atom. The van der Waals surface area contributed by atoms with Gasteiger partial charge in [0.25, 0.3) is 0 Å². The molecule has 0 aliphatic heterocycles. The molecule has 0 saturated carbocycles. The summed E-state index contributed by atoms with van der Waals surface area (Å²) in [5, 5.41) is 10.3. The monoisotopic (exact) mass is 846 g/mol. The Kier molecular flexibility index (Phi) is 15.3. The summed E-state index contributed by atoms with van der Waals surface area (Å²) in [6.45, 7) is 8.91. The lowest BCUT2D eigenvalue weighted by Crippen LogP contribution is -2.22. The normalized spacial score (nSPS) is 11.4. The summed E-state index contributed by atoms with van der Waals surface area (Å²) in [4.78, 5) is 33.8. The van der Waals surface area contributed by atoms with Crippen LogP contribution in [0.3, 0.4) is 0 Å². The first kappa shape index (κ1) is 44.7. The SMILES string of the molecule is CCOC(=O)COCCOCCOc1cc(Nc2nccc(Oc3ccc(NC(=O)Nc4cc(C(C)(C)C)cc(NS(C)(=O)=O)c4OC)c4ccccc34)n2)cc(OC)c1. The van der Waals surface area contributed by atoms with Crippen molar-refractivity contribution >= 4 is 61.5 Å². The maximum atomic E-state index is 13.5. The van der Waals surface area contributed by atoms with Crippen molar-refractivity contribution in [2.75, 3.05) is 80.8 Å². The molecule has 4 N–H and O–H groups in total. The molecule has 1 heterocycles. The fourth-order valence-electron chi connectivity index (χ4n) is 5.74. The highest BCUT2D eigenvalue weighted by atomic mass is 32.2. The van der Waals surface area contributed by atoms with Gasteiger partial charge in [-0.3, -0.25) is 4.72 Å². The molecule has 320 valence electrons. The molecule has 18 heteroatoms. The lowest BCUT2D eigenvalue weighted by Gasteiger charge is -2.24. The Bertz CT molecular complexity index is 2390. The number of benzene rings is 4. The Labute approximate surface area is 349 Å². The van der Waals surface area contributed by atoms with Gasteiger partial charge >= 0.3 is 12.0 Å². The third-order valence-corrected chi connectivity index (χ3v) is 9.04. The van der Waals surface area contributed by atoms with Gasteiger partial charge in [0.15, 0.2) is 5.75 Å². The number of amides is 2. The van der Waals surface area contributed by atoms with Crippen molar-refractivity contribution in [3.05, 3.63) is 84.6 Å². The van der Waals surface area contributed by atoms with Gasteiger partial charge in [-0.1, -0.05) is 45.0 Å². The Balaban J connectivity index is 1.25. The topological polar surface area (TPSA) is 207 Å². The number of anilines is 5. The van der Waals surface area contributed by atoms with E-state index in [-0.39, 0.29) is 60.8 Å². The van der Waals surface area contributed by atoms with Crippen molar-refractivity contribution in [3.63, 3.8) is 0 Å². The minimum atomic E-state index is -3.65. The maximum Gasteiger partial charge on any atom is 0.332 e. The molecule has 0 atom stereocenters. The Morgan fingerprint density at radius 3 is 2.20 bits per heavy atom. The number of nitrogens with one attached hydrogen (secondary N) is 4. The maximum absolute atomic E-state index is 13.5. The molecule has 4 aromatic carbocycles. The third-order valence-electron chi connectivity index (χ3n) is 8.44. The van der Waals surface area contributed by atoms with Crippen molar-refractivity contribution in [3.8, 4) is 28.9 Å². The van der Waals surface area contributed by atoms with Crippen LogP contribution in [0.2, 0.25) is 0 Å². The van der Waals surface area contributed by atoms with Gasteiger partial charge in [-0.25, -0.2) is 23.0 Å². The number of urea groups is 1. The van der Waals surface area contributed by atoms with Gasteiger partial charge in [0, 0.05) is 46.9 Å². The van der Waals surface area contributed by atoms with Crippen LogP contribution in [0.15, 0.2) is 79.0 Å². The first-order valence-corrected chi connectivity index (χ1v) is 20.8. The van der Waals surface area contributed by atoms with Crippen molar-refractivity contribution in [2.45, 2.75) is 33.1 Å². The zero-order valence-electron chi connectivity index (χ0n) is 34.5. The first-order valence-electron chi connectivity index (χ1n) is 18.9. The quantitative estimate of drug-likeness (QED) is 0.0443. The number of aromatic nitrogens is 2. The number of ether oxygens (including phenoxy) is 7.